The van der Waals surface area contributed by atoms with Gasteiger partial charge in [-0.15, -0.1) is 0 Å². The first-order chi connectivity index (χ1) is 9.22. The number of Topliss-reactive ketones (excluding diaryl/α,β-unsaturated/α-hetero) is 1. The molecule has 2 rings (SSSR count). The summed E-state index contributed by atoms with van der Waals surface area (Å²) in [5.41, 5.74) is 1.02. The Kier molecular flexibility index (Phi) is 4.04. The van der Waals surface area contributed by atoms with Gasteiger partial charge in [-0.05, 0) is 31.4 Å². The first-order valence-corrected chi connectivity index (χ1v) is 6.09. The Hall–Kier alpha value is -2.47. The topological polar surface area (TPSA) is 46.5 Å². The normalized spacial score (nSPS) is 12.6. The number of allylic oxidation sites excluding steroid dienone is 4. The van der Waals surface area contributed by atoms with E-state index in [4.69, 9.17) is 4.74 Å². The predicted molar refractivity (Wildman–Crippen MR) is 73.2 cm³/mol. The van der Waals surface area contributed by atoms with Crippen LogP contribution in [0.3, 0.4) is 0 Å². The number of benzene rings is 1. The molecule has 0 saturated carbocycles. The molecular weight excluding hydrogens is 240 g/mol. The van der Waals surface area contributed by atoms with Crippen LogP contribution in [0.5, 0.6) is 11.5 Å². The van der Waals surface area contributed by atoms with Gasteiger partial charge in [-0.25, -0.2) is 0 Å². The van der Waals surface area contributed by atoms with Gasteiger partial charge in [0.15, 0.2) is 0 Å². The molecule has 0 atom stereocenters. The van der Waals surface area contributed by atoms with Crippen molar-refractivity contribution in [2.45, 2.75) is 13.3 Å². The molecule has 1 aromatic carbocycles. The van der Waals surface area contributed by atoms with Crippen molar-refractivity contribution in [3.05, 3.63) is 47.6 Å². The molecule has 1 aromatic rings. The van der Waals surface area contributed by atoms with Crippen LogP contribution in [-0.2, 0) is 0 Å². The van der Waals surface area contributed by atoms with Crippen molar-refractivity contribution in [2.24, 2.45) is 0 Å². The molecule has 0 amide bonds. The zero-order chi connectivity index (χ0) is 13.7. The molecule has 1 aliphatic carbocycles. The summed E-state index contributed by atoms with van der Waals surface area (Å²) in [5.74, 6) is 5.17. The van der Waals surface area contributed by atoms with Gasteiger partial charge in [0.25, 0.3) is 0 Å². The molecule has 0 fully saturated rings. The lowest BCUT2D eigenvalue weighted by molar-refractivity contribution is 0.105. The Morgan fingerprint density at radius 3 is 3.00 bits per heavy atom. The van der Waals surface area contributed by atoms with Crippen molar-refractivity contribution in [1.29, 1.82) is 0 Å². The van der Waals surface area contributed by atoms with Gasteiger partial charge in [0.05, 0.1) is 6.61 Å². The summed E-state index contributed by atoms with van der Waals surface area (Å²) in [7, 11) is 0. The maximum atomic E-state index is 12.1. The van der Waals surface area contributed by atoms with Crippen LogP contribution < -0.4 is 4.74 Å². The molecule has 3 heteroatoms. The Morgan fingerprint density at radius 2 is 2.32 bits per heavy atom. The van der Waals surface area contributed by atoms with Gasteiger partial charge in [0.1, 0.15) is 17.1 Å². The lowest BCUT2D eigenvalue weighted by Gasteiger charge is -2.08. The summed E-state index contributed by atoms with van der Waals surface area (Å²) in [6, 6.07) is 4.73. The van der Waals surface area contributed by atoms with Gasteiger partial charge in [0.2, 0.25) is 5.78 Å². The minimum Gasteiger partial charge on any atom is -0.507 e. The first-order valence-electron chi connectivity index (χ1n) is 6.09. The molecular formula is C16H14O3. The zero-order valence-corrected chi connectivity index (χ0v) is 10.6. The van der Waals surface area contributed by atoms with Gasteiger partial charge >= 0.3 is 0 Å². The molecule has 0 heterocycles. The fraction of sp³-hybridized carbons (Fsp3) is 0.188. The summed E-state index contributed by atoms with van der Waals surface area (Å²) in [5, 5.41) is 9.78. The lowest BCUT2D eigenvalue weighted by atomic mass is 10.1. The molecule has 0 bridgehead atoms. The monoisotopic (exact) mass is 254 g/mol. The van der Waals surface area contributed by atoms with Crippen molar-refractivity contribution in [1.82, 2.24) is 0 Å². The number of carbonyl (C=O) groups is 1. The van der Waals surface area contributed by atoms with E-state index in [9.17, 15) is 9.90 Å². The van der Waals surface area contributed by atoms with E-state index in [1.165, 1.54) is 6.07 Å². The quantitative estimate of drug-likeness (QED) is 0.512. The molecule has 0 aliphatic heterocycles. The summed E-state index contributed by atoms with van der Waals surface area (Å²) >= 11 is 0. The molecule has 3 nitrogen and oxygen atoms in total. The number of phenols is 1. The van der Waals surface area contributed by atoms with Gasteiger partial charge in [-0.1, -0.05) is 30.2 Å². The van der Waals surface area contributed by atoms with Crippen LogP contribution in [0.15, 0.2) is 42.0 Å². The minimum atomic E-state index is -0.436. The van der Waals surface area contributed by atoms with Crippen LogP contribution in [0.25, 0.3) is 0 Å². The molecule has 0 unspecified atom stereocenters. The summed E-state index contributed by atoms with van der Waals surface area (Å²) in [4.78, 5) is 12.1. The van der Waals surface area contributed by atoms with E-state index in [2.05, 4.69) is 11.8 Å². The standard InChI is InChI=1S/C16H14O3/c1-2-19-15-9-5-8-13(17)16(15)14(18)11-10-12-6-3-4-7-12/h3-6,8-9,17H,2,7H2,1H3. The van der Waals surface area contributed by atoms with Crippen LogP contribution in [-0.4, -0.2) is 17.5 Å². The van der Waals surface area contributed by atoms with E-state index in [0.717, 1.165) is 12.0 Å². The highest BCUT2D eigenvalue weighted by Crippen LogP contribution is 2.27. The van der Waals surface area contributed by atoms with Crippen molar-refractivity contribution in [3.63, 3.8) is 0 Å². The number of ether oxygens (including phenoxy) is 1. The van der Waals surface area contributed by atoms with E-state index in [1.54, 1.807) is 12.1 Å². The number of hydrogen-bond acceptors (Lipinski definition) is 3. The van der Waals surface area contributed by atoms with Crippen LogP contribution >= 0.6 is 0 Å². The van der Waals surface area contributed by atoms with Crippen LogP contribution in [0.4, 0.5) is 0 Å². The molecule has 1 aliphatic rings. The fourth-order valence-corrected chi connectivity index (χ4v) is 1.76. The third kappa shape index (κ3) is 3.05. The van der Waals surface area contributed by atoms with Crippen molar-refractivity contribution in [2.75, 3.05) is 6.61 Å². The minimum absolute atomic E-state index is 0.108. The number of aromatic hydroxyl groups is 1. The van der Waals surface area contributed by atoms with Crippen LogP contribution in [0.1, 0.15) is 23.7 Å². The second kappa shape index (κ2) is 5.92. The Morgan fingerprint density at radius 1 is 1.47 bits per heavy atom. The molecule has 1 N–H and O–H groups in total. The smallest absolute Gasteiger partial charge is 0.243 e. The number of ketones is 1. The highest BCUT2D eigenvalue weighted by atomic mass is 16.5. The summed E-state index contributed by atoms with van der Waals surface area (Å²) < 4.78 is 5.34. The zero-order valence-electron chi connectivity index (χ0n) is 10.6. The van der Waals surface area contributed by atoms with Crippen molar-refractivity contribution >= 4 is 5.78 Å². The first kappa shape index (κ1) is 13.0. The lowest BCUT2D eigenvalue weighted by Crippen LogP contribution is -2.02. The van der Waals surface area contributed by atoms with Gasteiger partial charge in [0, 0.05) is 5.57 Å². The summed E-state index contributed by atoms with van der Waals surface area (Å²) in [6.45, 7) is 2.24. The van der Waals surface area contributed by atoms with Gasteiger partial charge in [-0.2, -0.15) is 0 Å². The van der Waals surface area contributed by atoms with E-state index >= 15 is 0 Å². The SMILES string of the molecule is CCOc1cccc(O)c1C(=O)C#CC1=CC=CC1. The van der Waals surface area contributed by atoms with Crippen molar-refractivity contribution < 1.29 is 14.6 Å². The maximum Gasteiger partial charge on any atom is 0.243 e. The summed E-state index contributed by atoms with van der Waals surface area (Å²) in [6.07, 6.45) is 6.49. The van der Waals surface area contributed by atoms with Crippen molar-refractivity contribution in [3.8, 4) is 23.3 Å². The largest absolute Gasteiger partial charge is 0.507 e. The second-order valence-electron chi connectivity index (χ2n) is 3.99. The number of carbonyl (C=O) groups excluding carboxylic acids is 1. The average Bonchev–Trinajstić information content (AvgIpc) is 2.90. The number of hydrogen-bond donors (Lipinski definition) is 1. The molecule has 0 spiro atoms. The molecule has 19 heavy (non-hydrogen) atoms. The van der Waals surface area contributed by atoms with E-state index < -0.39 is 5.78 Å². The third-order valence-corrected chi connectivity index (χ3v) is 2.64. The second-order valence-corrected chi connectivity index (χ2v) is 3.99. The van der Waals surface area contributed by atoms with Crippen LogP contribution in [0.2, 0.25) is 0 Å². The van der Waals surface area contributed by atoms with E-state index in [0.29, 0.717) is 12.4 Å². The predicted octanol–water partition coefficient (Wildman–Crippen LogP) is 2.86. The van der Waals surface area contributed by atoms with E-state index in [-0.39, 0.29) is 11.3 Å². The number of phenolic OH excluding ortho intramolecular Hbond substituents is 1. The highest BCUT2D eigenvalue weighted by Gasteiger charge is 2.15. The maximum absolute atomic E-state index is 12.1. The van der Waals surface area contributed by atoms with Gasteiger partial charge < -0.3 is 9.84 Å². The molecule has 0 aromatic heterocycles. The van der Waals surface area contributed by atoms with Crippen LogP contribution in [0, 0.1) is 11.8 Å². The average molecular weight is 254 g/mol. The Bertz CT molecular complexity index is 613. The van der Waals surface area contributed by atoms with E-state index in [1.807, 2.05) is 25.2 Å². The molecule has 96 valence electrons. The number of rotatable bonds is 3. The Labute approximate surface area is 112 Å². The van der Waals surface area contributed by atoms with Gasteiger partial charge in [-0.3, -0.25) is 4.79 Å². The third-order valence-electron chi connectivity index (χ3n) is 2.64. The highest BCUT2D eigenvalue weighted by molar-refractivity contribution is 6.12. The molecule has 0 saturated heterocycles. The fourth-order valence-electron chi connectivity index (χ4n) is 1.76. The Balaban J connectivity index is 2.27. The molecule has 0 radical (unpaired) electrons.